The second-order valence-corrected chi connectivity index (χ2v) is 4.17. The monoisotopic (exact) mass is 231 g/mol. The fraction of sp³-hybridized carbons (Fsp3) is 0.308. The summed E-state index contributed by atoms with van der Waals surface area (Å²) in [5, 5.41) is 3.38. The molecule has 0 aliphatic heterocycles. The molecule has 2 aromatic rings. The molecule has 90 valence electrons. The molecule has 4 N–H and O–H groups in total. The molecule has 1 heterocycles. The van der Waals surface area contributed by atoms with Crippen LogP contribution in [-0.2, 0) is 13.5 Å². The van der Waals surface area contributed by atoms with Gasteiger partial charge in [-0.15, -0.1) is 0 Å². The number of aromatic nitrogens is 2. The molecule has 0 unspecified atom stereocenters. The van der Waals surface area contributed by atoms with Crippen LogP contribution in [-0.4, -0.2) is 11.5 Å². The van der Waals surface area contributed by atoms with E-state index in [-0.39, 0.29) is 0 Å². The summed E-state index contributed by atoms with van der Waals surface area (Å²) >= 11 is 0. The van der Waals surface area contributed by atoms with Gasteiger partial charge >= 0.3 is 0 Å². The van der Waals surface area contributed by atoms with Gasteiger partial charge in [-0.05, 0) is 30.7 Å². The van der Waals surface area contributed by atoms with E-state index in [1.54, 1.807) is 0 Å². The summed E-state index contributed by atoms with van der Waals surface area (Å²) in [7, 11) is 2.05. The SMILES string of the molecule is C[n+]1cc[nH]c1CCCNc1ccc(N)cc1. The highest BCUT2D eigenvalue weighted by molar-refractivity contribution is 5.51. The Morgan fingerprint density at radius 3 is 2.71 bits per heavy atom. The van der Waals surface area contributed by atoms with Crippen molar-refractivity contribution in [1.82, 2.24) is 4.98 Å². The average Bonchev–Trinajstić information content (AvgIpc) is 2.73. The van der Waals surface area contributed by atoms with E-state index < -0.39 is 0 Å². The standard InChI is InChI=1S/C13H18N4/c1-17-10-9-16-13(17)3-2-8-15-12-6-4-11(14)5-7-12/h4-7,9-10,15H,2-3,8,14H2,1H3/p+1. The molecule has 0 radical (unpaired) electrons. The molecule has 4 nitrogen and oxygen atoms in total. The van der Waals surface area contributed by atoms with E-state index in [1.165, 1.54) is 5.82 Å². The van der Waals surface area contributed by atoms with Gasteiger partial charge in [0.1, 0.15) is 12.4 Å². The van der Waals surface area contributed by atoms with Crippen LogP contribution in [0.4, 0.5) is 11.4 Å². The minimum Gasteiger partial charge on any atom is -0.399 e. The van der Waals surface area contributed by atoms with Crippen LogP contribution >= 0.6 is 0 Å². The van der Waals surface area contributed by atoms with Crippen molar-refractivity contribution >= 4 is 11.4 Å². The van der Waals surface area contributed by atoms with Gasteiger partial charge in [-0.2, -0.15) is 0 Å². The van der Waals surface area contributed by atoms with Crippen LogP contribution in [0.2, 0.25) is 0 Å². The van der Waals surface area contributed by atoms with Crippen molar-refractivity contribution < 1.29 is 4.57 Å². The Kier molecular flexibility index (Phi) is 3.65. The Morgan fingerprint density at radius 1 is 1.29 bits per heavy atom. The number of nitrogens with zero attached hydrogens (tertiary/aromatic N) is 1. The summed E-state index contributed by atoms with van der Waals surface area (Å²) < 4.78 is 2.11. The molecule has 2 rings (SSSR count). The third kappa shape index (κ3) is 3.24. The topological polar surface area (TPSA) is 57.7 Å². The van der Waals surface area contributed by atoms with Crippen molar-refractivity contribution in [3.05, 3.63) is 42.5 Å². The van der Waals surface area contributed by atoms with Crippen molar-refractivity contribution in [2.24, 2.45) is 7.05 Å². The number of imidazole rings is 1. The quantitative estimate of drug-likeness (QED) is 0.414. The molecule has 0 saturated carbocycles. The number of hydrogen-bond acceptors (Lipinski definition) is 2. The Hall–Kier alpha value is -1.97. The predicted octanol–water partition coefficient (Wildman–Crippen LogP) is 1.47. The molecule has 0 atom stereocenters. The van der Waals surface area contributed by atoms with Gasteiger partial charge in [0, 0.05) is 17.9 Å². The highest BCUT2D eigenvalue weighted by Crippen LogP contribution is 2.10. The van der Waals surface area contributed by atoms with Crippen LogP contribution in [0.1, 0.15) is 12.2 Å². The highest BCUT2D eigenvalue weighted by atomic mass is 15.0. The molecular formula is C13H19N4+. The van der Waals surface area contributed by atoms with Crippen LogP contribution < -0.4 is 15.6 Å². The third-order valence-electron chi connectivity index (χ3n) is 2.80. The molecule has 4 heteroatoms. The highest BCUT2D eigenvalue weighted by Gasteiger charge is 2.04. The zero-order valence-electron chi connectivity index (χ0n) is 10.1. The van der Waals surface area contributed by atoms with Crippen LogP contribution in [0.3, 0.4) is 0 Å². The molecule has 0 saturated heterocycles. The molecule has 1 aromatic heterocycles. The van der Waals surface area contributed by atoms with E-state index in [9.17, 15) is 0 Å². The summed E-state index contributed by atoms with van der Waals surface area (Å²) in [4.78, 5) is 3.23. The fourth-order valence-corrected chi connectivity index (χ4v) is 1.78. The van der Waals surface area contributed by atoms with Gasteiger partial charge in [-0.25, -0.2) is 9.55 Å². The van der Waals surface area contributed by atoms with Crippen LogP contribution in [0.15, 0.2) is 36.7 Å². The lowest BCUT2D eigenvalue weighted by atomic mass is 10.2. The summed E-state index contributed by atoms with van der Waals surface area (Å²) in [5.74, 6) is 1.25. The zero-order valence-corrected chi connectivity index (χ0v) is 10.1. The summed E-state index contributed by atoms with van der Waals surface area (Å²) in [5.41, 5.74) is 7.55. The first-order valence-electron chi connectivity index (χ1n) is 5.87. The number of nitrogens with one attached hydrogen (secondary N) is 2. The summed E-state index contributed by atoms with van der Waals surface area (Å²) in [6.45, 7) is 0.961. The second kappa shape index (κ2) is 5.39. The summed E-state index contributed by atoms with van der Waals surface area (Å²) in [6, 6.07) is 7.83. The van der Waals surface area contributed by atoms with Gasteiger partial charge in [-0.1, -0.05) is 0 Å². The van der Waals surface area contributed by atoms with Gasteiger partial charge < -0.3 is 11.1 Å². The Labute approximate surface area is 101 Å². The lowest BCUT2D eigenvalue weighted by Crippen LogP contribution is -2.30. The number of H-pyrrole nitrogens is 1. The first-order chi connectivity index (χ1) is 8.25. The van der Waals surface area contributed by atoms with E-state index in [0.29, 0.717) is 0 Å². The molecule has 0 bridgehead atoms. The van der Waals surface area contributed by atoms with Crippen molar-refractivity contribution in [2.75, 3.05) is 17.6 Å². The first-order valence-corrected chi connectivity index (χ1v) is 5.87. The molecule has 0 aliphatic rings. The smallest absolute Gasteiger partial charge is 0.254 e. The first kappa shape index (κ1) is 11.5. The number of nitrogen functional groups attached to an aromatic ring is 1. The molecule has 0 spiro atoms. The molecular weight excluding hydrogens is 212 g/mol. The maximum absolute atomic E-state index is 5.63. The number of nitrogens with two attached hydrogens (primary N) is 1. The lowest BCUT2D eigenvalue weighted by Gasteiger charge is -2.05. The average molecular weight is 231 g/mol. The van der Waals surface area contributed by atoms with Crippen LogP contribution in [0.5, 0.6) is 0 Å². The second-order valence-electron chi connectivity index (χ2n) is 4.17. The maximum atomic E-state index is 5.63. The number of benzene rings is 1. The molecule has 0 fully saturated rings. The number of aromatic amines is 1. The minimum atomic E-state index is 0.800. The maximum Gasteiger partial charge on any atom is 0.254 e. The van der Waals surface area contributed by atoms with Gasteiger partial charge in [0.05, 0.1) is 13.5 Å². The van der Waals surface area contributed by atoms with Gasteiger partial charge in [0.2, 0.25) is 0 Å². The Morgan fingerprint density at radius 2 is 2.06 bits per heavy atom. The minimum absolute atomic E-state index is 0.800. The van der Waals surface area contributed by atoms with E-state index >= 15 is 0 Å². The number of anilines is 2. The van der Waals surface area contributed by atoms with Crippen LogP contribution in [0, 0.1) is 0 Å². The van der Waals surface area contributed by atoms with Gasteiger partial charge in [0.25, 0.3) is 5.82 Å². The van der Waals surface area contributed by atoms with E-state index in [0.717, 1.165) is 30.8 Å². The normalized spacial score (nSPS) is 10.4. The molecule has 0 amide bonds. The van der Waals surface area contributed by atoms with Crippen molar-refractivity contribution in [2.45, 2.75) is 12.8 Å². The van der Waals surface area contributed by atoms with Crippen molar-refractivity contribution in [3.63, 3.8) is 0 Å². The van der Waals surface area contributed by atoms with Crippen molar-refractivity contribution in [3.8, 4) is 0 Å². The molecule has 1 aromatic carbocycles. The van der Waals surface area contributed by atoms with Crippen molar-refractivity contribution in [1.29, 1.82) is 0 Å². The van der Waals surface area contributed by atoms with E-state index in [1.807, 2.05) is 36.7 Å². The number of rotatable bonds is 5. The molecule has 17 heavy (non-hydrogen) atoms. The Balaban J connectivity index is 1.73. The van der Waals surface area contributed by atoms with E-state index in [4.69, 9.17) is 5.73 Å². The molecule has 0 aliphatic carbocycles. The third-order valence-corrected chi connectivity index (χ3v) is 2.80. The van der Waals surface area contributed by atoms with Gasteiger partial charge in [0.15, 0.2) is 0 Å². The fourth-order valence-electron chi connectivity index (χ4n) is 1.78. The zero-order chi connectivity index (χ0) is 12.1. The number of hydrogen-bond donors (Lipinski definition) is 3. The summed E-state index contributed by atoms with van der Waals surface area (Å²) in [6.07, 6.45) is 6.13. The predicted molar refractivity (Wildman–Crippen MR) is 69.6 cm³/mol. The number of aryl methyl sites for hydroxylation is 2. The van der Waals surface area contributed by atoms with E-state index in [2.05, 4.69) is 21.9 Å². The van der Waals surface area contributed by atoms with Crippen LogP contribution in [0.25, 0.3) is 0 Å². The lowest BCUT2D eigenvalue weighted by molar-refractivity contribution is -0.677. The largest absolute Gasteiger partial charge is 0.399 e. The van der Waals surface area contributed by atoms with Gasteiger partial charge in [-0.3, -0.25) is 0 Å². The Bertz CT molecular complexity index is 459.